The Morgan fingerprint density at radius 3 is 3.05 bits per heavy atom. The fraction of sp³-hybridized carbons (Fsp3) is 0.571. The fourth-order valence-corrected chi connectivity index (χ4v) is 3.08. The first-order valence-corrected chi connectivity index (χ1v) is 7.00. The number of hydrogen-bond acceptors (Lipinski definition) is 4. The number of rotatable bonds is 3. The first kappa shape index (κ1) is 15.2. The summed E-state index contributed by atoms with van der Waals surface area (Å²) in [7, 11) is 0. The Morgan fingerprint density at radius 1 is 1.45 bits per heavy atom. The highest BCUT2D eigenvalue weighted by atomic mass is 35.5. The van der Waals surface area contributed by atoms with Crippen molar-refractivity contribution in [1.29, 1.82) is 0 Å². The Morgan fingerprint density at radius 2 is 2.30 bits per heavy atom. The van der Waals surface area contributed by atoms with Crippen molar-refractivity contribution in [1.82, 2.24) is 19.3 Å². The lowest BCUT2D eigenvalue weighted by molar-refractivity contribution is 0.0979. The zero-order valence-corrected chi connectivity index (χ0v) is 12.6. The lowest BCUT2D eigenvalue weighted by Crippen LogP contribution is -2.48. The SMILES string of the molecule is CC1CCCN(Cc2cn3cccnc3n2)C1CN.Cl. The molecule has 2 atom stereocenters. The molecule has 0 amide bonds. The summed E-state index contributed by atoms with van der Waals surface area (Å²) < 4.78 is 1.97. The van der Waals surface area contributed by atoms with E-state index in [0.29, 0.717) is 12.0 Å². The van der Waals surface area contributed by atoms with Crippen molar-refractivity contribution in [2.45, 2.75) is 32.4 Å². The minimum Gasteiger partial charge on any atom is -0.329 e. The Kier molecular flexibility index (Phi) is 4.96. The molecule has 2 N–H and O–H groups in total. The molecule has 20 heavy (non-hydrogen) atoms. The van der Waals surface area contributed by atoms with Crippen molar-refractivity contribution in [2.24, 2.45) is 11.7 Å². The number of halogens is 1. The van der Waals surface area contributed by atoms with E-state index in [0.717, 1.165) is 31.1 Å². The summed E-state index contributed by atoms with van der Waals surface area (Å²) in [5.41, 5.74) is 7.01. The topological polar surface area (TPSA) is 59.5 Å². The molecule has 0 radical (unpaired) electrons. The number of piperidine rings is 1. The van der Waals surface area contributed by atoms with Crippen molar-refractivity contribution in [3.8, 4) is 0 Å². The Bertz CT molecular complexity index is 522. The molecule has 0 aliphatic carbocycles. The smallest absolute Gasteiger partial charge is 0.233 e. The molecule has 5 nitrogen and oxygen atoms in total. The van der Waals surface area contributed by atoms with E-state index in [4.69, 9.17) is 5.73 Å². The number of hydrogen-bond donors (Lipinski definition) is 1. The van der Waals surface area contributed by atoms with Crippen LogP contribution in [0.1, 0.15) is 25.5 Å². The molecule has 1 fully saturated rings. The highest BCUT2D eigenvalue weighted by Crippen LogP contribution is 2.24. The lowest BCUT2D eigenvalue weighted by Gasteiger charge is -2.39. The maximum atomic E-state index is 5.93. The van der Waals surface area contributed by atoms with Gasteiger partial charge in [-0.05, 0) is 31.4 Å². The predicted octanol–water partition coefficient (Wildman–Crippen LogP) is 1.71. The van der Waals surface area contributed by atoms with E-state index in [9.17, 15) is 0 Å². The third kappa shape index (κ3) is 2.95. The molecule has 110 valence electrons. The molecular weight excluding hydrogens is 274 g/mol. The standard InChI is InChI=1S/C14H21N5.ClH/c1-11-4-2-6-18(13(11)8-15)9-12-10-19-7-3-5-16-14(19)17-12;/h3,5,7,10-11,13H,2,4,6,8-9,15H2,1H3;1H. The van der Waals surface area contributed by atoms with E-state index in [-0.39, 0.29) is 12.4 Å². The highest BCUT2D eigenvalue weighted by Gasteiger charge is 2.27. The van der Waals surface area contributed by atoms with E-state index < -0.39 is 0 Å². The first-order valence-electron chi connectivity index (χ1n) is 7.00. The molecule has 6 heteroatoms. The number of likely N-dealkylation sites (tertiary alicyclic amines) is 1. The van der Waals surface area contributed by atoms with Gasteiger partial charge in [0.25, 0.3) is 0 Å². The third-order valence-electron chi connectivity index (χ3n) is 4.12. The Balaban J connectivity index is 0.00000147. The zero-order chi connectivity index (χ0) is 13.2. The minimum atomic E-state index is 0. The van der Waals surface area contributed by atoms with Crippen LogP contribution in [0, 0.1) is 5.92 Å². The molecule has 0 bridgehead atoms. The maximum Gasteiger partial charge on any atom is 0.233 e. The van der Waals surface area contributed by atoms with Gasteiger partial charge in [-0.2, -0.15) is 0 Å². The summed E-state index contributed by atoms with van der Waals surface area (Å²) >= 11 is 0. The average Bonchev–Trinajstić information content (AvgIpc) is 2.81. The average molecular weight is 296 g/mol. The van der Waals surface area contributed by atoms with Crippen LogP contribution in [-0.2, 0) is 6.54 Å². The quantitative estimate of drug-likeness (QED) is 0.936. The van der Waals surface area contributed by atoms with Crippen LogP contribution in [0.2, 0.25) is 0 Å². The summed E-state index contributed by atoms with van der Waals surface area (Å²) in [6.07, 6.45) is 8.36. The molecule has 2 unspecified atom stereocenters. The van der Waals surface area contributed by atoms with Gasteiger partial charge >= 0.3 is 0 Å². The van der Waals surface area contributed by atoms with Crippen LogP contribution in [0.25, 0.3) is 5.78 Å². The molecule has 1 saturated heterocycles. The van der Waals surface area contributed by atoms with E-state index in [2.05, 4.69) is 28.0 Å². The normalized spacial score (nSPS) is 23.7. The molecular formula is C14H22ClN5. The van der Waals surface area contributed by atoms with Crippen molar-refractivity contribution in [2.75, 3.05) is 13.1 Å². The van der Waals surface area contributed by atoms with E-state index in [1.807, 2.05) is 16.7 Å². The second kappa shape index (κ2) is 6.52. The second-order valence-corrected chi connectivity index (χ2v) is 5.45. The summed E-state index contributed by atoms with van der Waals surface area (Å²) in [5, 5.41) is 0. The molecule has 1 aliphatic heterocycles. The van der Waals surface area contributed by atoms with Crippen LogP contribution in [-0.4, -0.2) is 38.4 Å². The van der Waals surface area contributed by atoms with Gasteiger partial charge in [-0.3, -0.25) is 9.30 Å². The third-order valence-corrected chi connectivity index (χ3v) is 4.12. The number of aromatic nitrogens is 3. The fourth-order valence-electron chi connectivity index (χ4n) is 3.08. The van der Waals surface area contributed by atoms with Gasteiger partial charge in [-0.1, -0.05) is 6.92 Å². The van der Waals surface area contributed by atoms with Gasteiger partial charge in [0, 0.05) is 37.7 Å². The van der Waals surface area contributed by atoms with Gasteiger partial charge in [0.1, 0.15) is 0 Å². The molecule has 1 aliphatic rings. The summed E-state index contributed by atoms with van der Waals surface area (Å²) in [5.74, 6) is 1.45. The lowest BCUT2D eigenvalue weighted by atomic mass is 9.91. The van der Waals surface area contributed by atoms with Crippen molar-refractivity contribution < 1.29 is 0 Å². The number of imidazole rings is 1. The maximum absolute atomic E-state index is 5.93. The van der Waals surface area contributed by atoms with Crippen LogP contribution < -0.4 is 5.73 Å². The second-order valence-electron chi connectivity index (χ2n) is 5.45. The van der Waals surface area contributed by atoms with Crippen molar-refractivity contribution >= 4 is 18.2 Å². The van der Waals surface area contributed by atoms with Gasteiger partial charge in [0.2, 0.25) is 5.78 Å². The Labute approximate surface area is 125 Å². The van der Waals surface area contributed by atoms with Crippen LogP contribution in [0.4, 0.5) is 0 Å². The van der Waals surface area contributed by atoms with Gasteiger partial charge in [-0.15, -0.1) is 12.4 Å². The van der Waals surface area contributed by atoms with Crippen molar-refractivity contribution in [3.05, 3.63) is 30.4 Å². The molecule has 3 rings (SSSR count). The van der Waals surface area contributed by atoms with Crippen molar-refractivity contribution in [3.63, 3.8) is 0 Å². The van der Waals surface area contributed by atoms with Crippen LogP contribution >= 0.6 is 12.4 Å². The highest BCUT2D eigenvalue weighted by molar-refractivity contribution is 5.85. The van der Waals surface area contributed by atoms with Gasteiger partial charge in [-0.25, -0.2) is 9.97 Å². The molecule has 0 spiro atoms. The summed E-state index contributed by atoms with van der Waals surface area (Å²) in [4.78, 5) is 11.3. The number of nitrogens with zero attached hydrogens (tertiary/aromatic N) is 4. The van der Waals surface area contributed by atoms with Gasteiger partial charge < -0.3 is 5.73 Å². The monoisotopic (exact) mass is 295 g/mol. The van der Waals surface area contributed by atoms with Gasteiger partial charge in [0.05, 0.1) is 5.69 Å². The molecule has 2 aromatic rings. The van der Waals surface area contributed by atoms with Crippen LogP contribution in [0.3, 0.4) is 0 Å². The summed E-state index contributed by atoms with van der Waals surface area (Å²) in [6, 6.07) is 2.40. The van der Waals surface area contributed by atoms with E-state index in [1.54, 1.807) is 6.20 Å². The van der Waals surface area contributed by atoms with Crippen LogP contribution in [0.5, 0.6) is 0 Å². The molecule has 0 aromatic carbocycles. The molecule has 2 aromatic heterocycles. The molecule has 0 saturated carbocycles. The predicted molar refractivity (Wildman–Crippen MR) is 81.9 cm³/mol. The first-order chi connectivity index (χ1) is 9.28. The zero-order valence-electron chi connectivity index (χ0n) is 11.8. The van der Waals surface area contributed by atoms with E-state index in [1.165, 1.54) is 12.8 Å². The van der Waals surface area contributed by atoms with Gasteiger partial charge in [0.15, 0.2) is 0 Å². The number of nitrogens with two attached hydrogens (primary N) is 1. The number of fused-ring (bicyclic) bond motifs is 1. The minimum absolute atomic E-state index is 0. The Hall–Kier alpha value is -1.17. The summed E-state index contributed by atoms with van der Waals surface area (Å²) in [6.45, 7) is 5.02. The van der Waals surface area contributed by atoms with E-state index >= 15 is 0 Å². The molecule has 3 heterocycles. The largest absolute Gasteiger partial charge is 0.329 e. The van der Waals surface area contributed by atoms with Crippen LogP contribution in [0.15, 0.2) is 24.7 Å².